The van der Waals surface area contributed by atoms with Gasteiger partial charge in [-0.25, -0.2) is 0 Å². The van der Waals surface area contributed by atoms with Crippen molar-refractivity contribution in [2.24, 2.45) is 0 Å². The first kappa shape index (κ1) is 23.1. The lowest BCUT2D eigenvalue weighted by atomic mass is 10.0. The topological polar surface area (TPSA) is 26.3 Å². The maximum absolute atomic E-state index is 10.9. The molecular weight excluding hydrogens is 331 g/mol. The van der Waals surface area contributed by atoms with Crippen LogP contribution in [0.4, 0.5) is 0 Å². The lowest BCUT2D eigenvalue weighted by Gasteiger charge is -2.15. The molecule has 0 fully saturated rings. The van der Waals surface area contributed by atoms with Crippen LogP contribution in [0, 0.1) is 0 Å². The number of carbonyl (C=O) groups is 1. The van der Waals surface area contributed by atoms with Crippen molar-refractivity contribution >= 4 is 29.2 Å². The Balaban J connectivity index is 3.25. The lowest BCUT2D eigenvalue weighted by molar-refractivity contribution is -0.140. The summed E-state index contributed by atoms with van der Waals surface area (Å²) in [5, 5.41) is 0.277. The molecule has 0 aliphatic heterocycles. The van der Waals surface area contributed by atoms with Gasteiger partial charge >= 0.3 is 5.97 Å². The quantitative estimate of drug-likeness (QED) is 0.169. The second-order valence-electron chi connectivity index (χ2n) is 6.47. The smallest absolute Gasteiger partial charge is 0.305 e. The van der Waals surface area contributed by atoms with E-state index in [0.717, 1.165) is 25.7 Å². The van der Waals surface area contributed by atoms with Gasteiger partial charge in [0, 0.05) is 17.2 Å². The fourth-order valence-electron chi connectivity index (χ4n) is 2.71. The average Bonchev–Trinajstić information content (AvgIpc) is 2.56. The number of ether oxygens (including phenoxy) is 1. The van der Waals surface area contributed by atoms with Gasteiger partial charge in [0.15, 0.2) is 0 Å². The van der Waals surface area contributed by atoms with Crippen molar-refractivity contribution in [2.45, 2.75) is 108 Å². The highest BCUT2D eigenvalue weighted by atomic mass is 35.5. The number of alkyl halides is 2. The van der Waals surface area contributed by atoms with E-state index in [0.29, 0.717) is 6.42 Å². The first-order valence-electron chi connectivity index (χ1n) is 9.46. The molecule has 0 heterocycles. The van der Waals surface area contributed by atoms with Gasteiger partial charge in [0.1, 0.15) is 0 Å². The second kappa shape index (κ2) is 16.9. The fraction of sp³-hybridized carbons (Fsp3) is 0.947. The SMILES string of the molecule is CCCC[C@H](Cl)[C@@H](Cl)CCCCCCCCCCCC(=O)OC. The highest BCUT2D eigenvalue weighted by Gasteiger charge is 2.15. The van der Waals surface area contributed by atoms with Crippen molar-refractivity contribution in [3.05, 3.63) is 0 Å². The maximum Gasteiger partial charge on any atom is 0.305 e. The standard InChI is InChI=1S/C19H36Cl2O2/c1-3-4-14-17(20)18(21)15-12-10-8-6-5-7-9-11-13-16-19(22)23-2/h17-18H,3-16H2,1-2H3/t17-,18-/m0/s1. The van der Waals surface area contributed by atoms with Crippen molar-refractivity contribution in [1.29, 1.82) is 0 Å². The third-order valence-corrected chi connectivity index (χ3v) is 5.49. The Labute approximate surface area is 153 Å². The van der Waals surface area contributed by atoms with E-state index >= 15 is 0 Å². The average molecular weight is 367 g/mol. The van der Waals surface area contributed by atoms with E-state index in [9.17, 15) is 4.79 Å². The molecule has 2 nitrogen and oxygen atoms in total. The van der Waals surface area contributed by atoms with E-state index in [1.54, 1.807) is 0 Å². The molecule has 23 heavy (non-hydrogen) atoms. The third kappa shape index (κ3) is 15.3. The van der Waals surface area contributed by atoms with Crippen molar-refractivity contribution < 1.29 is 9.53 Å². The Bertz CT molecular complexity index is 272. The van der Waals surface area contributed by atoms with Gasteiger partial charge in [0.25, 0.3) is 0 Å². The summed E-state index contributed by atoms with van der Waals surface area (Å²) >= 11 is 12.6. The molecule has 0 spiro atoms. The molecule has 0 radical (unpaired) electrons. The molecule has 0 aromatic heterocycles. The Hall–Kier alpha value is 0.0500. The Morgan fingerprint density at radius 3 is 1.70 bits per heavy atom. The summed E-state index contributed by atoms with van der Waals surface area (Å²) in [5.74, 6) is -0.0866. The number of unbranched alkanes of at least 4 members (excludes halogenated alkanes) is 9. The second-order valence-corrected chi connectivity index (χ2v) is 7.59. The fourth-order valence-corrected chi connectivity index (χ4v) is 3.27. The number of carbonyl (C=O) groups excluding carboxylic acids is 1. The highest BCUT2D eigenvalue weighted by molar-refractivity contribution is 6.29. The van der Waals surface area contributed by atoms with Crippen molar-refractivity contribution in [2.75, 3.05) is 7.11 Å². The van der Waals surface area contributed by atoms with Gasteiger partial charge in [-0.15, -0.1) is 23.2 Å². The maximum atomic E-state index is 10.9. The zero-order valence-electron chi connectivity index (χ0n) is 15.1. The number of halogens is 2. The molecule has 0 aliphatic rings. The monoisotopic (exact) mass is 366 g/mol. The van der Waals surface area contributed by atoms with Gasteiger partial charge in [0.2, 0.25) is 0 Å². The van der Waals surface area contributed by atoms with Crippen LogP contribution in [0.1, 0.15) is 96.8 Å². The number of rotatable bonds is 16. The molecule has 2 atom stereocenters. The van der Waals surface area contributed by atoms with Gasteiger partial charge in [-0.3, -0.25) is 4.79 Å². The van der Waals surface area contributed by atoms with Crippen molar-refractivity contribution in [3.63, 3.8) is 0 Å². The van der Waals surface area contributed by atoms with Crippen LogP contribution < -0.4 is 0 Å². The zero-order chi connectivity index (χ0) is 17.3. The lowest BCUT2D eigenvalue weighted by Crippen LogP contribution is -2.14. The molecule has 0 unspecified atom stereocenters. The van der Waals surface area contributed by atoms with E-state index in [4.69, 9.17) is 23.2 Å². The van der Waals surface area contributed by atoms with Crippen LogP contribution in [-0.4, -0.2) is 23.8 Å². The Kier molecular flexibility index (Phi) is 16.9. The Morgan fingerprint density at radius 1 is 0.783 bits per heavy atom. The zero-order valence-corrected chi connectivity index (χ0v) is 16.6. The number of hydrogen-bond acceptors (Lipinski definition) is 2. The van der Waals surface area contributed by atoms with Crippen LogP contribution in [-0.2, 0) is 9.53 Å². The molecule has 0 aromatic carbocycles. The molecule has 0 aliphatic carbocycles. The Morgan fingerprint density at radius 2 is 1.22 bits per heavy atom. The summed E-state index contributed by atoms with van der Waals surface area (Å²) in [5.41, 5.74) is 0. The summed E-state index contributed by atoms with van der Waals surface area (Å²) in [6.07, 6.45) is 16.0. The molecule has 0 saturated carbocycles. The van der Waals surface area contributed by atoms with Crippen LogP contribution in [0.15, 0.2) is 0 Å². The van der Waals surface area contributed by atoms with Gasteiger partial charge in [0.05, 0.1) is 7.11 Å². The minimum absolute atomic E-state index is 0.0866. The predicted octanol–water partition coefficient (Wildman–Crippen LogP) is 6.86. The number of esters is 1. The summed E-state index contributed by atoms with van der Waals surface area (Å²) in [6.45, 7) is 2.19. The summed E-state index contributed by atoms with van der Waals surface area (Å²) in [7, 11) is 1.45. The molecular formula is C19H36Cl2O2. The molecule has 4 heteroatoms. The van der Waals surface area contributed by atoms with Crippen LogP contribution in [0.2, 0.25) is 0 Å². The predicted molar refractivity (Wildman–Crippen MR) is 102 cm³/mol. The van der Waals surface area contributed by atoms with Crippen LogP contribution >= 0.6 is 23.2 Å². The first-order chi connectivity index (χ1) is 11.1. The van der Waals surface area contributed by atoms with Crippen LogP contribution in [0.25, 0.3) is 0 Å². The first-order valence-corrected chi connectivity index (χ1v) is 10.3. The molecule has 0 aromatic rings. The number of hydrogen-bond donors (Lipinski definition) is 0. The summed E-state index contributed by atoms with van der Waals surface area (Å²) in [4.78, 5) is 10.9. The normalized spacial score (nSPS) is 13.7. The van der Waals surface area contributed by atoms with E-state index < -0.39 is 0 Å². The minimum Gasteiger partial charge on any atom is -0.469 e. The molecule has 0 rings (SSSR count). The van der Waals surface area contributed by atoms with Crippen molar-refractivity contribution in [3.8, 4) is 0 Å². The van der Waals surface area contributed by atoms with Crippen molar-refractivity contribution in [1.82, 2.24) is 0 Å². The summed E-state index contributed by atoms with van der Waals surface area (Å²) in [6, 6.07) is 0. The van der Waals surface area contributed by atoms with Crippen LogP contribution in [0.3, 0.4) is 0 Å². The number of methoxy groups -OCH3 is 1. The minimum atomic E-state index is -0.0866. The van der Waals surface area contributed by atoms with E-state index in [2.05, 4.69) is 11.7 Å². The third-order valence-electron chi connectivity index (χ3n) is 4.31. The van der Waals surface area contributed by atoms with E-state index in [1.165, 1.54) is 64.9 Å². The molecule has 138 valence electrons. The molecule has 0 amide bonds. The van der Waals surface area contributed by atoms with E-state index in [-0.39, 0.29) is 16.7 Å². The van der Waals surface area contributed by atoms with Gasteiger partial charge < -0.3 is 4.74 Å². The molecule has 0 bridgehead atoms. The van der Waals surface area contributed by atoms with Crippen LogP contribution in [0.5, 0.6) is 0 Å². The van der Waals surface area contributed by atoms with E-state index in [1.807, 2.05) is 0 Å². The van der Waals surface area contributed by atoms with Gasteiger partial charge in [-0.1, -0.05) is 71.1 Å². The molecule has 0 N–H and O–H groups in total. The summed E-state index contributed by atoms with van der Waals surface area (Å²) < 4.78 is 4.63. The largest absolute Gasteiger partial charge is 0.469 e. The van der Waals surface area contributed by atoms with Gasteiger partial charge in [-0.05, 0) is 19.3 Å². The molecule has 0 saturated heterocycles. The van der Waals surface area contributed by atoms with Gasteiger partial charge in [-0.2, -0.15) is 0 Å². The highest BCUT2D eigenvalue weighted by Crippen LogP contribution is 2.22.